The minimum atomic E-state index is -0.307. The zero-order chi connectivity index (χ0) is 7.56. The van der Waals surface area contributed by atoms with Gasteiger partial charge < -0.3 is 10.1 Å². The van der Waals surface area contributed by atoms with Gasteiger partial charge in [0.05, 0.1) is 13.0 Å². The van der Waals surface area contributed by atoms with Crippen LogP contribution in [0.25, 0.3) is 0 Å². The summed E-state index contributed by atoms with van der Waals surface area (Å²) in [6.07, 6.45) is 0.271. The van der Waals surface area contributed by atoms with Crippen molar-refractivity contribution in [3.63, 3.8) is 0 Å². The van der Waals surface area contributed by atoms with E-state index >= 15 is 0 Å². The third kappa shape index (κ3) is 1.26. The average Bonchev–Trinajstić information content (AvgIpc) is 2.34. The van der Waals surface area contributed by atoms with Crippen LogP contribution >= 0.6 is 0 Å². The lowest BCUT2D eigenvalue weighted by Crippen LogP contribution is -2.19. The highest BCUT2D eigenvalue weighted by Crippen LogP contribution is 2.09. The van der Waals surface area contributed by atoms with Crippen molar-refractivity contribution in [1.82, 2.24) is 5.32 Å². The fourth-order valence-corrected chi connectivity index (χ4v) is 0.938. The molecule has 4 heteroatoms. The van der Waals surface area contributed by atoms with Crippen molar-refractivity contribution in [2.75, 3.05) is 13.7 Å². The van der Waals surface area contributed by atoms with Gasteiger partial charge in [-0.25, -0.2) is 0 Å². The minimum absolute atomic E-state index is 0.0737. The smallest absolute Gasteiger partial charge is 0.310 e. The third-order valence-electron chi connectivity index (χ3n) is 1.51. The van der Waals surface area contributed by atoms with Gasteiger partial charge in [0, 0.05) is 13.0 Å². The molecule has 1 fully saturated rings. The summed E-state index contributed by atoms with van der Waals surface area (Å²) < 4.78 is 4.45. The highest BCUT2D eigenvalue weighted by molar-refractivity contribution is 5.86. The van der Waals surface area contributed by atoms with E-state index in [2.05, 4.69) is 10.1 Å². The first-order valence-corrected chi connectivity index (χ1v) is 3.08. The molecule has 1 saturated heterocycles. The van der Waals surface area contributed by atoms with Crippen LogP contribution in [0.5, 0.6) is 0 Å². The van der Waals surface area contributed by atoms with Crippen molar-refractivity contribution in [3.05, 3.63) is 0 Å². The average molecular weight is 143 g/mol. The number of methoxy groups -OCH3 is 1. The maximum Gasteiger partial charge on any atom is 0.310 e. The molecule has 1 amide bonds. The first-order valence-electron chi connectivity index (χ1n) is 3.08. The molecule has 0 saturated carbocycles. The predicted molar refractivity (Wildman–Crippen MR) is 33.1 cm³/mol. The Labute approximate surface area is 58.5 Å². The summed E-state index contributed by atoms with van der Waals surface area (Å²) in [7, 11) is 1.32. The topological polar surface area (TPSA) is 55.4 Å². The van der Waals surface area contributed by atoms with Gasteiger partial charge in [-0.3, -0.25) is 9.59 Å². The number of hydrogen-bond donors (Lipinski definition) is 1. The van der Waals surface area contributed by atoms with Crippen molar-refractivity contribution in [3.8, 4) is 0 Å². The summed E-state index contributed by atoms with van der Waals surface area (Å²) in [5.74, 6) is -0.647. The van der Waals surface area contributed by atoms with E-state index in [9.17, 15) is 9.59 Å². The molecule has 1 N–H and O–H groups in total. The number of carbonyl (C=O) groups is 2. The molecule has 0 bridgehead atoms. The second kappa shape index (κ2) is 2.68. The zero-order valence-corrected chi connectivity index (χ0v) is 5.72. The molecule has 0 unspecified atom stereocenters. The predicted octanol–water partition coefficient (Wildman–Crippen LogP) is -0.705. The molecule has 0 aliphatic carbocycles. The van der Waals surface area contributed by atoms with E-state index in [1.807, 2.05) is 0 Å². The summed E-state index contributed by atoms with van der Waals surface area (Å²) in [5, 5.41) is 2.55. The molecule has 0 radical (unpaired) electrons. The van der Waals surface area contributed by atoms with Gasteiger partial charge >= 0.3 is 5.97 Å². The molecule has 10 heavy (non-hydrogen) atoms. The Morgan fingerprint density at radius 1 is 1.80 bits per heavy atom. The number of amides is 1. The standard InChI is InChI=1S/C6H9NO3/c1-10-6(9)4-2-5(8)7-3-4/h4H,2-3H2,1H3,(H,7,8)/t4-/m0/s1. The van der Waals surface area contributed by atoms with Gasteiger partial charge in [0.15, 0.2) is 0 Å². The molecular weight excluding hydrogens is 134 g/mol. The van der Waals surface area contributed by atoms with Gasteiger partial charge in [0.25, 0.3) is 0 Å². The van der Waals surface area contributed by atoms with Crippen LogP contribution in [-0.2, 0) is 14.3 Å². The van der Waals surface area contributed by atoms with E-state index in [1.165, 1.54) is 7.11 Å². The number of carbonyl (C=O) groups excluding carboxylic acids is 2. The van der Waals surface area contributed by atoms with Crippen LogP contribution in [0.3, 0.4) is 0 Å². The quantitative estimate of drug-likeness (QED) is 0.493. The molecule has 1 rings (SSSR count). The molecule has 0 spiro atoms. The maximum absolute atomic E-state index is 10.7. The van der Waals surface area contributed by atoms with Gasteiger partial charge in [0.1, 0.15) is 0 Å². The summed E-state index contributed by atoms with van der Waals surface area (Å²) in [6.45, 7) is 0.422. The van der Waals surface area contributed by atoms with E-state index in [-0.39, 0.29) is 24.2 Å². The van der Waals surface area contributed by atoms with Crippen LogP contribution in [0.2, 0.25) is 0 Å². The van der Waals surface area contributed by atoms with E-state index in [0.717, 1.165) is 0 Å². The molecule has 1 atom stereocenters. The van der Waals surface area contributed by atoms with Gasteiger partial charge in [-0.2, -0.15) is 0 Å². The SMILES string of the molecule is COC(=O)[C@@H]1CNC(=O)C1. The van der Waals surface area contributed by atoms with E-state index in [0.29, 0.717) is 6.54 Å². The van der Waals surface area contributed by atoms with Crippen LogP contribution in [-0.4, -0.2) is 25.5 Å². The zero-order valence-electron chi connectivity index (χ0n) is 5.72. The maximum atomic E-state index is 10.7. The van der Waals surface area contributed by atoms with E-state index in [1.54, 1.807) is 0 Å². The summed E-state index contributed by atoms with van der Waals surface area (Å²) in [5.41, 5.74) is 0. The molecule has 1 aliphatic rings. The monoisotopic (exact) mass is 143 g/mol. The first kappa shape index (κ1) is 7.05. The van der Waals surface area contributed by atoms with Crippen molar-refractivity contribution >= 4 is 11.9 Å². The summed E-state index contributed by atoms with van der Waals surface area (Å²) in [6, 6.07) is 0. The number of rotatable bonds is 1. The van der Waals surface area contributed by atoms with E-state index in [4.69, 9.17) is 0 Å². The number of esters is 1. The van der Waals surface area contributed by atoms with Crippen LogP contribution in [0.4, 0.5) is 0 Å². The Balaban J connectivity index is 2.44. The lowest BCUT2D eigenvalue weighted by molar-refractivity contribution is -0.145. The Morgan fingerprint density at radius 3 is 2.90 bits per heavy atom. The lowest BCUT2D eigenvalue weighted by Gasteiger charge is -2.01. The van der Waals surface area contributed by atoms with Crippen molar-refractivity contribution in [2.45, 2.75) is 6.42 Å². The minimum Gasteiger partial charge on any atom is -0.469 e. The van der Waals surface area contributed by atoms with Crippen LogP contribution < -0.4 is 5.32 Å². The number of nitrogens with one attached hydrogen (secondary N) is 1. The molecular formula is C6H9NO3. The largest absolute Gasteiger partial charge is 0.469 e. The molecule has 0 aromatic rings. The van der Waals surface area contributed by atoms with E-state index < -0.39 is 0 Å². The number of hydrogen-bond acceptors (Lipinski definition) is 3. The molecule has 56 valence electrons. The fourth-order valence-electron chi connectivity index (χ4n) is 0.938. The normalized spacial score (nSPS) is 24.1. The third-order valence-corrected chi connectivity index (χ3v) is 1.51. The first-order chi connectivity index (χ1) is 4.74. The second-order valence-corrected chi connectivity index (χ2v) is 2.23. The highest BCUT2D eigenvalue weighted by atomic mass is 16.5. The van der Waals surface area contributed by atoms with Crippen molar-refractivity contribution in [1.29, 1.82) is 0 Å². The van der Waals surface area contributed by atoms with Crippen molar-refractivity contribution < 1.29 is 14.3 Å². The lowest BCUT2D eigenvalue weighted by atomic mass is 10.1. The summed E-state index contributed by atoms with van der Waals surface area (Å²) in [4.78, 5) is 21.3. The van der Waals surface area contributed by atoms with Gasteiger partial charge in [-0.15, -0.1) is 0 Å². The Morgan fingerprint density at radius 2 is 2.50 bits per heavy atom. The Bertz CT molecular complexity index is 166. The van der Waals surface area contributed by atoms with Gasteiger partial charge in [-0.1, -0.05) is 0 Å². The Hall–Kier alpha value is -1.06. The number of ether oxygens (including phenoxy) is 1. The molecule has 1 aliphatic heterocycles. The highest BCUT2D eigenvalue weighted by Gasteiger charge is 2.28. The van der Waals surface area contributed by atoms with Gasteiger partial charge in [0.2, 0.25) is 5.91 Å². The van der Waals surface area contributed by atoms with Crippen LogP contribution in [0, 0.1) is 5.92 Å². The fraction of sp³-hybridized carbons (Fsp3) is 0.667. The summed E-state index contributed by atoms with van der Waals surface area (Å²) >= 11 is 0. The Kier molecular flexibility index (Phi) is 1.89. The van der Waals surface area contributed by atoms with Crippen LogP contribution in [0.15, 0.2) is 0 Å². The van der Waals surface area contributed by atoms with Gasteiger partial charge in [-0.05, 0) is 0 Å². The van der Waals surface area contributed by atoms with Crippen molar-refractivity contribution in [2.24, 2.45) is 5.92 Å². The molecule has 0 aromatic carbocycles. The molecule has 4 nitrogen and oxygen atoms in total. The second-order valence-electron chi connectivity index (χ2n) is 2.23. The molecule has 0 aromatic heterocycles. The van der Waals surface area contributed by atoms with Crippen LogP contribution in [0.1, 0.15) is 6.42 Å². The molecule has 1 heterocycles.